The van der Waals surface area contributed by atoms with E-state index in [1.807, 2.05) is 6.07 Å². The van der Waals surface area contributed by atoms with Gasteiger partial charge in [0.25, 0.3) is 0 Å². The maximum Gasteiger partial charge on any atom is 0.357 e. The van der Waals surface area contributed by atoms with Gasteiger partial charge in [0.05, 0.1) is 29.7 Å². The molecule has 0 saturated carbocycles. The van der Waals surface area contributed by atoms with Gasteiger partial charge in [0, 0.05) is 13.1 Å². The van der Waals surface area contributed by atoms with Gasteiger partial charge in [-0.15, -0.1) is 0 Å². The van der Waals surface area contributed by atoms with Crippen LogP contribution in [0.15, 0.2) is 30.5 Å². The summed E-state index contributed by atoms with van der Waals surface area (Å²) in [5.41, 5.74) is 7.06. The quantitative estimate of drug-likeness (QED) is 0.837. The van der Waals surface area contributed by atoms with E-state index in [2.05, 4.69) is 5.32 Å². The van der Waals surface area contributed by atoms with Crippen LogP contribution in [0.25, 0.3) is 5.69 Å². The molecular weight excluding hydrogens is 284 g/mol. The van der Waals surface area contributed by atoms with Gasteiger partial charge in [-0.3, -0.25) is 4.79 Å². The number of carbonyl (C=O) groups is 2. The van der Waals surface area contributed by atoms with E-state index in [1.54, 1.807) is 24.3 Å². The molecule has 22 heavy (non-hydrogen) atoms. The molecule has 0 atom stereocenters. The zero-order valence-corrected chi connectivity index (χ0v) is 12.1. The average Bonchev–Trinajstić information content (AvgIpc) is 2.83. The van der Waals surface area contributed by atoms with Crippen molar-refractivity contribution in [1.29, 1.82) is 5.26 Å². The lowest BCUT2D eigenvalue weighted by Crippen LogP contribution is -2.14. The summed E-state index contributed by atoms with van der Waals surface area (Å²) in [5.74, 6) is -0.927. The number of carbonyl (C=O) groups excluding carboxylic acids is 2. The molecule has 1 aromatic carbocycles. The number of aromatic nitrogens is 1. The molecule has 0 spiro atoms. The van der Waals surface area contributed by atoms with Crippen LogP contribution >= 0.6 is 0 Å². The minimum absolute atomic E-state index is 0.0342. The van der Waals surface area contributed by atoms with Crippen LogP contribution < -0.4 is 11.1 Å². The van der Waals surface area contributed by atoms with Crippen molar-refractivity contribution >= 4 is 23.3 Å². The highest BCUT2D eigenvalue weighted by Gasteiger charge is 2.22. The van der Waals surface area contributed by atoms with Crippen LogP contribution in [-0.4, -0.2) is 23.6 Å². The molecule has 1 heterocycles. The number of esters is 1. The smallest absolute Gasteiger partial charge is 0.357 e. The topological polar surface area (TPSA) is 110 Å². The summed E-state index contributed by atoms with van der Waals surface area (Å²) in [7, 11) is 1.23. The molecule has 0 bridgehead atoms. The molecule has 1 aromatic heterocycles. The number of rotatable bonds is 3. The van der Waals surface area contributed by atoms with Crippen molar-refractivity contribution in [3.05, 3.63) is 41.7 Å². The van der Waals surface area contributed by atoms with Crippen molar-refractivity contribution < 1.29 is 14.3 Å². The Hall–Kier alpha value is -3.27. The van der Waals surface area contributed by atoms with Gasteiger partial charge in [-0.1, -0.05) is 12.1 Å². The van der Waals surface area contributed by atoms with E-state index in [9.17, 15) is 9.59 Å². The van der Waals surface area contributed by atoms with Gasteiger partial charge < -0.3 is 20.4 Å². The predicted octanol–water partition coefficient (Wildman–Crippen LogP) is 1.68. The molecule has 0 unspecified atom stereocenters. The Morgan fingerprint density at radius 1 is 1.36 bits per heavy atom. The lowest BCUT2D eigenvalue weighted by atomic mass is 10.2. The van der Waals surface area contributed by atoms with Crippen molar-refractivity contribution in [2.45, 2.75) is 6.92 Å². The minimum Gasteiger partial charge on any atom is -0.464 e. The van der Waals surface area contributed by atoms with Crippen LogP contribution in [0.2, 0.25) is 0 Å². The largest absolute Gasteiger partial charge is 0.464 e. The molecule has 1 amide bonds. The maximum absolute atomic E-state index is 12.0. The van der Waals surface area contributed by atoms with E-state index in [0.29, 0.717) is 11.4 Å². The molecule has 0 aliphatic heterocycles. The Bertz CT molecular complexity index is 787. The van der Waals surface area contributed by atoms with Crippen LogP contribution in [0, 0.1) is 11.3 Å². The monoisotopic (exact) mass is 298 g/mol. The third kappa shape index (κ3) is 2.62. The molecule has 112 valence electrons. The third-order valence-electron chi connectivity index (χ3n) is 3.02. The van der Waals surface area contributed by atoms with Crippen molar-refractivity contribution in [2.75, 3.05) is 18.2 Å². The Kier molecular flexibility index (Phi) is 4.13. The number of nitrogens with zero attached hydrogens (tertiary/aromatic N) is 2. The second kappa shape index (κ2) is 6.01. The second-order valence-corrected chi connectivity index (χ2v) is 4.48. The Morgan fingerprint density at radius 3 is 2.64 bits per heavy atom. The van der Waals surface area contributed by atoms with Crippen molar-refractivity contribution in [2.24, 2.45) is 0 Å². The van der Waals surface area contributed by atoms with Gasteiger partial charge in [-0.25, -0.2) is 4.79 Å². The number of benzene rings is 1. The molecule has 2 rings (SSSR count). The van der Waals surface area contributed by atoms with Gasteiger partial charge >= 0.3 is 5.97 Å². The number of amides is 1. The van der Waals surface area contributed by atoms with Crippen LogP contribution in [0.5, 0.6) is 0 Å². The number of para-hydroxylation sites is 2. The highest BCUT2D eigenvalue weighted by atomic mass is 16.5. The highest BCUT2D eigenvalue weighted by Crippen LogP contribution is 2.28. The van der Waals surface area contributed by atoms with E-state index >= 15 is 0 Å². The zero-order chi connectivity index (χ0) is 16.3. The Balaban J connectivity index is 2.70. The van der Waals surface area contributed by atoms with Crippen molar-refractivity contribution in [3.63, 3.8) is 0 Å². The molecule has 3 N–H and O–H groups in total. The molecule has 0 fully saturated rings. The zero-order valence-electron chi connectivity index (χ0n) is 12.1. The first-order valence-corrected chi connectivity index (χ1v) is 6.35. The summed E-state index contributed by atoms with van der Waals surface area (Å²) >= 11 is 0. The van der Waals surface area contributed by atoms with E-state index in [1.165, 1.54) is 24.8 Å². The number of methoxy groups -OCH3 is 1. The normalized spacial score (nSPS) is 9.86. The van der Waals surface area contributed by atoms with Gasteiger partial charge in [-0.05, 0) is 12.1 Å². The summed E-state index contributed by atoms with van der Waals surface area (Å²) in [4.78, 5) is 23.3. The second-order valence-electron chi connectivity index (χ2n) is 4.48. The summed E-state index contributed by atoms with van der Waals surface area (Å²) in [6.45, 7) is 1.38. The first-order valence-electron chi connectivity index (χ1n) is 6.35. The standard InChI is InChI=1S/C15H14N4O3/c1-9(20)18-11-5-3-4-6-12(11)19-8-10(7-16)13(17)14(19)15(21)22-2/h3-6,8H,17H2,1-2H3,(H,18,20). The number of ether oxygens (including phenoxy) is 1. The van der Waals surface area contributed by atoms with Crippen molar-refractivity contribution in [3.8, 4) is 11.8 Å². The van der Waals surface area contributed by atoms with Gasteiger partial charge in [0.2, 0.25) is 5.91 Å². The fourth-order valence-electron chi connectivity index (χ4n) is 2.08. The fourth-order valence-corrected chi connectivity index (χ4v) is 2.08. The number of hydrogen-bond donors (Lipinski definition) is 2. The molecule has 2 aromatic rings. The number of nitriles is 1. The predicted molar refractivity (Wildman–Crippen MR) is 80.5 cm³/mol. The fraction of sp³-hybridized carbons (Fsp3) is 0.133. The third-order valence-corrected chi connectivity index (χ3v) is 3.02. The molecular formula is C15H14N4O3. The highest BCUT2D eigenvalue weighted by molar-refractivity contribution is 5.97. The summed E-state index contributed by atoms with van der Waals surface area (Å²) in [6, 6.07) is 8.78. The summed E-state index contributed by atoms with van der Waals surface area (Å²) in [6.07, 6.45) is 1.43. The van der Waals surface area contributed by atoms with Gasteiger partial charge in [0.1, 0.15) is 6.07 Å². The number of nitrogen functional groups attached to an aromatic ring is 1. The van der Waals surface area contributed by atoms with Gasteiger partial charge in [-0.2, -0.15) is 5.26 Å². The number of anilines is 2. The lowest BCUT2D eigenvalue weighted by Gasteiger charge is -2.13. The minimum atomic E-state index is -0.670. The first-order chi connectivity index (χ1) is 10.5. The molecule has 0 aliphatic rings. The molecule has 7 heteroatoms. The van der Waals surface area contributed by atoms with Crippen LogP contribution in [0.3, 0.4) is 0 Å². The van der Waals surface area contributed by atoms with Gasteiger partial charge in [0.15, 0.2) is 5.69 Å². The number of nitrogens with one attached hydrogen (secondary N) is 1. The van der Waals surface area contributed by atoms with E-state index in [4.69, 9.17) is 15.7 Å². The van der Waals surface area contributed by atoms with Crippen LogP contribution in [-0.2, 0) is 9.53 Å². The molecule has 0 aliphatic carbocycles. The maximum atomic E-state index is 12.0. The van der Waals surface area contributed by atoms with E-state index < -0.39 is 5.97 Å². The molecule has 0 radical (unpaired) electrons. The molecule has 7 nitrogen and oxygen atoms in total. The molecule has 0 saturated heterocycles. The van der Waals surface area contributed by atoms with E-state index in [-0.39, 0.29) is 22.9 Å². The average molecular weight is 298 g/mol. The number of nitrogens with two attached hydrogens (primary N) is 1. The van der Waals surface area contributed by atoms with Crippen LogP contribution in [0.1, 0.15) is 23.0 Å². The number of hydrogen-bond acceptors (Lipinski definition) is 5. The Morgan fingerprint density at radius 2 is 2.05 bits per heavy atom. The Labute approximate surface area is 126 Å². The lowest BCUT2D eigenvalue weighted by molar-refractivity contribution is -0.114. The van der Waals surface area contributed by atoms with Crippen molar-refractivity contribution in [1.82, 2.24) is 4.57 Å². The van der Waals surface area contributed by atoms with E-state index in [0.717, 1.165) is 0 Å². The first kappa shape index (κ1) is 15.1. The summed E-state index contributed by atoms with van der Waals surface area (Å²) < 4.78 is 6.16. The SMILES string of the molecule is COC(=O)c1c(N)c(C#N)cn1-c1ccccc1NC(C)=O. The van der Waals surface area contributed by atoms with Crippen LogP contribution in [0.4, 0.5) is 11.4 Å². The summed E-state index contributed by atoms with van der Waals surface area (Å²) in [5, 5.41) is 11.8.